The van der Waals surface area contributed by atoms with Crippen LogP contribution >= 0.6 is 23.2 Å². The Bertz CT molecular complexity index is 317. The van der Waals surface area contributed by atoms with Crippen molar-refractivity contribution in [3.8, 4) is 0 Å². The fraction of sp³-hybridized carbons (Fsp3) is 0.286. The number of aromatic nitrogens is 1. The Morgan fingerprint density at radius 1 is 1.46 bits per heavy atom. The van der Waals surface area contributed by atoms with Crippen LogP contribution in [0.5, 0.6) is 0 Å². The molecule has 1 heterocycles. The lowest BCUT2D eigenvalue weighted by Crippen LogP contribution is -2.00. The zero-order valence-corrected chi connectivity index (χ0v) is 7.71. The maximum atomic E-state index is 13.0. The Balaban J connectivity index is 3.30. The van der Waals surface area contributed by atoms with Gasteiger partial charge in [-0.15, -0.1) is 11.6 Å². The molecule has 0 N–H and O–H groups in total. The number of hydrogen-bond donors (Lipinski definition) is 0. The lowest BCUT2D eigenvalue weighted by atomic mass is 10.2. The first-order valence-corrected chi connectivity index (χ1v) is 4.16. The van der Waals surface area contributed by atoms with E-state index in [1.165, 1.54) is 0 Å². The van der Waals surface area contributed by atoms with Crippen LogP contribution in [0.3, 0.4) is 0 Å². The molecule has 0 saturated carbocycles. The van der Waals surface area contributed by atoms with Gasteiger partial charge in [0.25, 0.3) is 6.43 Å². The summed E-state index contributed by atoms with van der Waals surface area (Å²) in [4.78, 5) is 3.30. The van der Waals surface area contributed by atoms with Crippen molar-refractivity contribution in [2.45, 2.75) is 12.3 Å². The summed E-state index contributed by atoms with van der Waals surface area (Å²) in [6.07, 6.45) is -2.01. The number of rotatable bonds is 2. The minimum absolute atomic E-state index is 0.306. The molecular formula is C7H4Cl2F3N. The molecule has 1 rings (SSSR count). The Morgan fingerprint density at radius 3 is 2.54 bits per heavy atom. The summed E-state index contributed by atoms with van der Waals surface area (Å²) in [5.41, 5.74) is -0.999. The van der Waals surface area contributed by atoms with Gasteiger partial charge < -0.3 is 0 Å². The molecule has 0 fully saturated rings. The average Bonchev–Trinajstić information content (AvgIpc) is 2.09. The van der Waals surface area contributed by atoms with Gasteiger partial charge in [0, 0.05) is 11.8 Å². The summed E-state index contributed by atoms with van der Waals surface area (Å²) in [7, 11) is 0. The van der Waals surface area contributed by atoms with Gasteiger partial charge in [0.05, 0.1) is 10.9 Å². The van der Waals surface area contributed by atoms with Crippen molar-refractivity contribution in [2.24, 2.45) is 0 Å². The van der Waals surface area contributed by atoms with Gasteiger partial charge in [-0.05, 0) is 0 Å². The van der Waals surface area contributed by atoms with Crippen LogP contribution in [0, 0.1) is 5.82 Å². The van der Waals surface area contributed by atoms with E-state index >= 15 is 0 Å². The number of alkyl halides is 3. The van der Waals surface area contributed by atoms with Crippen LogP contribution in [0.2, 0.25) is 5.02 Å². The summed E-state index contributed by atoms with van der Waals surface area (Å²) in [6, 6.07) is 0. The van der Waals surface area contributed by atoms with Crippen LogP contribution in [0.15, 0.2) is 6.20 Å². The molecule has 72 valence electrons. The first-order chi connectivity index (χ1) is 6.07. The maximum Gasteiger partial charge on any atom is 0.280 e. The van der Waals surface area contributed by atoms with Crippen molar-refractivity contribution in [1.29, 1.82) is 0 Å². The van der Waals surface area contributed by atoms with Gasteiger partial charge in [-0.3, -0.25) is 4.98 Å². The average molecular weight is 230 g/mol. The van der Waals surface area contributed by atoms with E-state index in [2.05, 4.69) is 4.98 Å². The van der Waals surface area contributed by atoms with E-state index in [9.17, 15) is 13.2 Å². The summed E-state index contributed by atoms with van der Waals surface area (Å²) in [6.45, 7) is 0. The van der Waals surface area contributed by atoms with E-state index in [0.29, 0.717) is 0 Å². The van der Waals surface area contributed by atoms with Gasteiger partial charge in [0.2, 0.25) is 0 Å². The highest BCUT2D eigenvalue weighted by Crippen LogP contribution is 2.27. The molecule has 0 aliphatic heterocycles. The smallest absolute Gasteiger partial charge is 0.253 e. The third-order valence-electron chi connectivity index (χ3n) is 1.44. The van der Waals surface area contributed by atoms with Crippen molar-refractivity contribution in [1.82, 2.24) is 4.98 Å². The van der Waals surface area contributed by atoms with Crippen molar-refractivity contribution in [3.05, 3.63) is 28.3 Å². The summed E-state index contributed by atoms with van der Waals surface area (Å²) in [5.74, 6) is -1.30. The molecule has 1 aromatic heterocycles. The van der Waals surface area contributed by atoms with Crippen LogP contribution in [0.25, 0.3) is 0 Å². The Kier molecular flexibility index (Phi) is 3.39. The van der Waals surface area contributed by atoms with Gasteiger partial charge in [0.15, 0.2) is 0 Å². The number of hydrogen-bond acceptors (Lipinski definition) is 1. The second kappa shape index (κ2) is 4.15. The quantitative estimate of drug-likeness (QED) is 0.708. The Hall–Kier alpha value is -0.480. The zero-order valence-electron chi connectivity index (χ0n) is 6.20. The van der Waals surface area contributed by atoms with Crippen molar-refractivity contribution >= 4 is 23.2 Å². The lowest BCUT2D eigenvalue weighted by Gasteiger charge is -2.06. The third-order valence-corrected chi connectivity index (χ3v) is 1.97. The molecule has 1 aromatic rings. The van der Waals surface area contributed by atoms with Crippen LogP contribution in [-0.2, 0) is 5.88 Å². The molecule has 13 heavy (non-hydrogen) atoms. The molecule has 0 amide bonds. The van der Waals surface area contributed by atoms with E-state index in [1.807, 2.05) is 0 Å². The standard InChI is InChI=1S/C7H4Cl2F3N/c8-1-3-5(10)4(9)2-13-6(3)7(11)12/h2,7H,1H2. The first kappa shape index (κ1) is 10.6. The van der Waals surface area contributed by atoms with Crippen LogP contribution in [0.4, 0.5) is 13.2 Å². The van der Waals surface area contributed by atoms with Gasteiger partial charge in [0.1, 0.15) is 11.5 Å². The van der Waals surface area contributed by atoms with Crippen molar-refractivity contribution < 1.29 is 13.2 Å². The molecule has 6 heteroatoms. The lowest BCUT2D eigenvalue weighted by molar-refractivity contribution is 0.144. The number of halogens is 5. The molecule has 0 radical (unpaired) electrons. The first-order valence-electron chi connectivity index (χ1n) is 3.24. The largest absolute Gasteiger partial charge is 0.280 e. The zero-order chi connectivity index (χ0) is 10.0. The second-order valence-electron chi connectivity index (χ2n) is 2.22. The monoisotopic (exact) mass is 229 g/mol. The van der Waals surface area contributed by atoms with E-state index in [-0.39, 0.29) is 16.5 Å². The van der Waals surface area contributed by atoms with E-state index in [0.717, 1.165) is 6.20 Å². The molecule has 0 bridgehead atoms. The van der Waals surface area contributed by atoms with Crippen LogP contribution < -0.4 is 0 Å². The van der Waals surface area contributed by atoms with Gasteiger partial charge in [-0.2, -0.15) is 0 Å². The van der Waals surface area contributed by atoms with Crippen molar-refractivity contribution in [3.63, 3.8) is 0 Å². The van der Waals surface area contributed by atoms with E-state index in [4.69, 9.17) is 23.2 Å². The molecule has 0 unspecified atom stereocenters. The van der Waals surface area contributed by atoms with E-state index in [1.54, 1.807) is 0 Å². The van der Waals surface area contributed by atoms with Gasteiger partial charge in [-0.25, -0.2) is 13.2 Å². The van der Waals surface area contributed by atoms with E-state index < -0.39 is 17.9 Å². The molecule has 0 atom stereocenters. The Morgan fingerprint density at radius 2 is 2.08 bits per heavy atom. The topological polar surface area (TPSA) is 12.9 Å². The molecule has 0 saturated heterocycles. The SMILES string of the molecule is Fc1c(Cl)cnc(C(F)F)c1CCl. The Labute approximate surface area is 82.5 Å². The predicted molar refractivity (Wildman–Crippen MR) is 43.7 cm³/mol. The van der Waals surface area contributed by atoms with Crippen LogP contribution in [-0.4, -0.2) is 4.98 Å². The normalized spacial score (nSPS) is 10.9. The molecule has 1 nitrogen and oxygen atoms in total. The summed E-state index contributed by atoms with van der Waals surface area (Å²) < 4.78 is 37.4. The summed E-state index contributed by atoms with van der Waals surface area (Å²) in [5, 5.41) is -0.306. The number of nitrogens with zero attached hydrogens (tertiary/aromatic N) is 1. The third kappa shape index (κ3) is 2.06. The minimum Gasteiger partial charge on any atom is -0.253 e. The molecule has 0 aromatic carbocycles. The molecule has 0 aliphatic rings. The summed E-state index contributed by atoms with van der Waals surface area (Å²) >= 11 is 10.6. The molecular weight excluding hydrogens is 226 g/mol. The van der Waals surface area contributed by atoms with Crippen molar-refractivity contribution in [2.75, 3.05) is 0 Å². The highest BCUT2D eigenvalue weighted by Gasteiger charge is 2.19. The number of pyridine rings is 1. The predicted octanol–water partition coefficient (Wildman–Crippen LogP) is 3.55. The molecule has 0 aliphatic carbocycles. The highest BCUT2D eigenvalue weighted by molar-refractivity contribution is 6.30. The second-order valence-corrected chi connectivity index (χ2v) is 2.89. The van der Waals surface area contributed by atoms with Gasteiger partial charge in [-0.1, -0.05) is 11.6 Å². The molecule has 0 spiro atoms. The van der Waals surface area contributed by atoms with Gasteiger partial charge >= 0.3 is 0 Å². The van der Waals surface area contributed by atoms with Crippen LogP contribution in [0.1, 0.15) is 17.7 Å². The maximum absolute atomic E-state index is 13.0. The fourth-order valence-corrected chi connectivity index (χ4v) is 1.25. The fourth-order valence-electron chi connectivity index (χ4n) is 0.833. The minimum atomic E-state index is -2.85. The highest BCUT2D eigenvalue weighted by atomic mass is 35.5.